The van der Waals surface area contributed by atoms with Crippen molar-refractivity contribution >= 4 is 40.3 Å². The Morgan fingerprint density at radius 2 is 2.30 bits per heavy atom. The molecule has 0 bridgehead atoms. The molecule has 1 amide bonds. The molecule has 122 valence electrons. The van der Waals surface area contributed by atoms with Crippen molar-refractivity contribution in [2.24, 2.45) is 0 Å². The SMILES string of the molecule is CCOc1ccccc1/C=C1\SC(=S)N(C[C@@H]2CCCO2)C1=O. The molecule has 0 aromatic heterocycles. The summed E-state index contributed by atoms with van der Waals surface area (Å²) in [6.07, 6.45) is 4.01. The van der Waals surface area contributed by atoms with Crippen LogP contribution in [-0.2, 0) is 9.53 Å². The zero-order chi connectivity index (χ0) is 16.2. The number of hydrogen-bond donors (Lipinski definition) is 0. The summed E-state index contributed by atoms with van der Waals surface area (Å²) in [5.41, 5.74) is 0.895. The van der Waals surface area contributed by atoms with Gasteiger partial charge in [-0.25, -0.2) is 0 Å². The third-order valence-electron chi connectivity index (χ3n) is 3.79. The fourth-order valence-corrected chi connectivity index (χ4v) is 3.94. The molecule has 1 aromatic carbocycles. The second kappa shape index (κ2) is 7.47. The van der Waals surface area contributed by atoms with Crippen molar-refractivity contribution in [2.75, 3.05) is 19.8 Å². The fourth-order valence-electron chi connectivity index (χ4n) is 2.68. The zero-order valence-corrected chi connectivity index (χ0v) is 14.6. The van der Waals surface area contributed by atoms with E-state index in [2.05, 4.69) is 0 Å². The number of carbonyl (C=O) groups excluding carboxylic acids is 1. The summed E-state index contributed by atoms with van der Waals surface area (Å²) in [4.78, 5) is 14.9. The van der Waals surface area contributed by atoms with Crippen LogP contribution in [0, 0.1) is 0 Å². The van der Waals surface area contributed by atoms with Crippen molar-refractivity contribution in [1.82, 2.24) is 4.90 Å². The van der Waals surface area contributed by atoms with Crippen LogP contribution in [0.1, 0.15) is 25.3 Å². The van der Waals surface area contributed by atoms with E-state index in [0.29, 0.717) is 22.4 Å². The van der Waals surface area contributed by atoms with Crippen LogP contribution in [0.15, 0.2) is 29.2 Å². The molecule has 2 fully saturated rings. The van der Waals surface area contributed by atoms with Gasteiger partial charge in [-0.3, -0.25) is 9.69 Å². The number of benzene rings is 1. The van der Waals surface area contributed by atoms with E-state index >= 15 is 0 Å². The van der Waals surface area contributed by atoms with Crippen LogP contribution in [0.2, 0.25) is 0 Å². The van der Waals surface area contributed by atoms with Crippen LogP contribution in [0.5, 0.6) is 5.75 Å². The number of hydrogen-bond acceptors (Lipinski definition) is 5. The number of thiocarbonyl (C=S) groups is 1. The number of ether oxygens (including phenoxy) is 2. The summed E-state index contributed by atoms with van der Waals surface area (Å²) >= 11 is 6.71. The van der Waals surface area contributed by atoms with Gasteiger partial charge in [0, 0.05) is 12.2 Å². The molecular weight excluding hydrogens is 330 g/mol. The lowest BCUT2D eigenvalue weighted by molar-refractivity contribution is -0.123. The average molecular weight is 349 g/mol. The van der Waals surface area contributed by atoms with Crippen LogP contribution < -0.4 is 4.74 Å². The molecule has 2 heterocycles. The third kappa shape index (κ3) is 3.76. The number of thioether (sulfide) groups is 1. The lowest BCUT2D eigenvalue weighted by Gasteiger charge is -2.18. The lowest BCUT2D eigenvalue weighted by Crippen LogP contribution is -2.35. The first-order valence-electron chi connectivity index (χ1n) is 7.78. The predicted octanol–water partition coefficient (Wildman–Crippen LogP) is 3.47. The quantitative estimate of drug-likeness (QED) is 0.601. The van der Waals surface area contributed by atoms with Gasteiger partial charge in [-0.15, -0.1) is 0 Å². The first-order chi connectivity index (χ1) is 11.2. The molecule has 0 radical (unpaired) electrons. The molecule has 0 saturated carbocycles. The van der Waals surface area contributed by atoms with Crippen LogP contribution >= 0.6 is 24.0 Å². The van der Waals surface area contributed by atoms with E-state index < -0.39 is 0 Å². The number of amides is 1. The maximum atomic E-state index is 12.6. The first-order valence-corrected chi connectivity index (χ1v) is 9.00. The van der Waals surface area contributed by atoms with Crippen LogP contribution in [0.4, 0.5) is 0 Å². The molecule has 1 atom stereocenters. The minimum absolute atomic E-state index is 0.0400. The molecule has 23 heavy (non-hydrogen) atoms. The Bertz CT molecular complexity index is 638. The first kappa shape index (κ1) is 16.5. The summed E-state index contributed by atoms with van der Waals surface area (Å²) in [6.45, 7) is 3.86. The Morgan fingerprint density at radius 1 is 1.48 bits per heavy atom. The number of nitrogens with zero attached hydrogens (tertiary/aromatic N) is 1. The van der Waals surface area contributed by atoms with Gasteiger partial charge in [0.05, 0.1) is 24.2 Å². The molecule has 1 aromatic rings. The van der Waals surface area contributed by atoms with E-state index in [1.54, 1.807) is 4.90 Å². The topological polar surface area (TPSA) is 38.8 Å². The molecule has 4 nitrogen and oxygen atoms in total. The van der Waals surface area contributed by atoms with E-state index in [4.69, 9.17) is 21.7 Å². The second-order valence-electron chi connectivity index (χ2n) is 5.40. The Morgan fingerprint density at radius 3 is 3.04 bits per heavy atom. The lowest BCUT2D eigenvalue weighted by atomic mass is 10.2. The Hall–Kier alpha value is -1.37. The second-order valence-corrected chi connectivity index (χ2v) is 7.07. The van der Waals surface area contributed by atoms with Gasteiger partial charge in [-0.1, -0.05) is 42.2 Å². The number of carbonyl (C=O) groups is 1. The van der Waals surface area contributed by atoms with Gasteiger partial charge in [0.25, 0.3) is 5.91 Å². The molecule has 2 saturated heterocycles. The van der Waals surface area contributed by atoms with Crippen molar-refractivity contribution in [3.8, 4) is 5.75 Å². The normalized spacial score (nSPS) is 23.1. The molecular formula is C17H19NO3S2. The van der Waals surface area contributed by atoms with Crippen molar-refractivity contribution in [3.05, 3.63) is 34.7 Å². The van der Waals surface area contributed by atoms with E-state index in [0.717, 1.165) is 30.8 Å². The molecule has 0 N–H and O–H groups in total. The summed E-state index contributed by atoms with van der Waals surface area (Å²) < 4.78 is 11.8. The van der Waals surface area contributed by atoms with E-state index in [-0.39, 0.29) is 12.0 Å². The highest BCUT2D eigenvalue weighted by Gasteiger charge is 2.34. The molecule has 2 aliphatic rings. The molecule has 6 heteroatoms. The summed E-state index contributed by atoms with van der Waals surface area (Å²) in [6, 6.07) is 7.70. The van der Waals surface area contributed by atoms with Crippen LogP contribution in [0.3, 0.4) is 0 Å². The van der Waals surface area contributed by atoms with Gasteiger partial charge in [0.15, 0.2) is 0 Å². The van der Waals surface area contributed by atoms with Crippen molar-refractivity contribution in [3.63, 3.8) is 0 Å². The van der Waals surface area contributed by atoms with Crippen LogP contribution in [0.25, 0.3) is 6.08 Å². The molecule has 0 unspecified atom stereocenters. The number of rotatable bonds is 5. The van der Waals surface area contributed by atoms with Gasteiger partial charge in [0.1, 0.15) is 10.1 Å². The minimum Gasteiger partial charge on any atom is -0.493 e. The smallest absolute Gasteiger partial charge is 0.266 e. The average Bonchev–Trinajstić information content (AvgIpc) is 3.14. The molecule has 3 rings (SSSR count). The van der Waals surface area contributed by atoms with Crippen molar-refractivity contribution in [2.45, 2.75) is 25.9 Å². The zero-order valence-electron chi connectivity index (χ0n) is 13.0. The van der Waals surface area contributed by atoms with Gasteiger partial charge in [-0.05, 0) is 31.9 Å². The Balaban J connectivity index is 1.78. The minimum atomic E-state index is -0.0400. The highest BCUT2D eigenvalue weighted by Crippen LogP contribution is 2.35. The van der Waals surface area contributed by atoms with Crippen LogP contribution in [-0.4, -0.2) is 41.0 Å². The van der Waals surface area contributed by atoms with Gasteiger partial charge >= 0.3 is 0 Å². The Labute approximate surface area is 145 Å². The molecule has 0 aliphatic carbocycles. The maximum absolute atomic E-state index is 12.6. The number of para-hydroxylation sites is 1. The standard InChI is InChI=1S/C17H19NO3S2/c1-2-20-14-8-4-3-6-12(14)10-15-16(19)18(17(22)23-15)11-13-7-5-9-21-13/h3-4,6,8,10,13H,2,5,7,9,11H2,1H3/b15-10-/t13-/m0/s1. The Kier molecular flexibility index (Phi) is 5.35. The molecule has 2 aliphatic heterocycles. The van der Waals surface area contributed by atoms with Crippen molar-refractivity contribution in [1.29, 1.82) is 0 Å². The van der Waals surface area contributed by atoms with E-state index in [1.165, 1.54) is 11.8 Å². The maximum Gasteiger partial charge on any atom is 0.266 e. The van der Waals surface area contributed by atoms with Crippen molar-refractivity contribution < 1.29 is 14.3 Å². The summed E-state index contributed by atoms with van der Waals surface area (Å²) in [7, 11) is 0. The van der Waals surface area contributed by atoms with Gasteiger partial charge in [0.2, 0.25) is 0 Å². The van der Waals surface area contributed by atoms with E-state index in [1.807, 2.05) is 37.3 Å². The fraction of sp³-hybridized carbons (Fsp3) is 0.412. The largest absolute Gasteiger partial charge is 0.493 e. The summed E-state index contributed by atoms with van der Waals surface area (Å²) in [5, 5.41) is 0. The van der Waals surface area contributed by atoms with E-state index in [9.17, 15) is 4.79 Å². The monoisotopic (exact) mass is 349 g/mol. The predicted molar refractivity (Wildman–Crippen MR) is 96.5 cm³/mol. The highest BCUT2D eigenvalue weighted by molar-refractivity contribution is 8.26. The third-order valence-corrected chi connectivity index (χ3v) is 5.17. The van der Waals surface area contributed by atoms with Gasteiger partial charge in [-0.2, -0.15) is 0 Å². The molecule has 0 spiro atoms. The highest BCUT2D eigenvalue weighted by atomic mass is 32.2. The van der Waals surface area contributed by atoms with Gasteiger partial charge < -0.3 is 9.47 Å². The summed E-state index contributed by atoms with van der Waals surface area (Å²) in [5.74, 6) is 0.737.